The van der Waals surface area contributed by atoms with Gasteiger partial charge in [0.25, 0.3) is 11.8 Å². The number of fused-ring (bicyclic) bond motifs is 2. The lowest BCUT2D eigenvalue weighted by molar-refractivity contribution is 0.0108. The van der Waals surface area contributed by atoms with E-state index < -0.39 is 0 Å². The molecule has 5 nitrogen and oxygen atoms in total. The van der Waals surface area contributed by atoms with Crippen LogP contribution in [0.4, 0.5) is 5.69 Å². The maximum atomic E-state index is 13.4. The minimum atomic E-state index is -0.183. The van der Waals surface area contributed by atoms with E-state index in [1.807, 2.05) is 18.2 Å². The number of hydrogen-bond acceptors (Lipinski definition) is 4. The molecule has 3 heterocycles. The number of imide groups is 1. The molecule has 2 bridgehead atoms. The Hall–Kier alpha value is -1.92. The monoisotopic (exact) mass is 427 g/mol. The molecule has 2 amide bonds. The molecule has 0 saturated carbocycles. The number of amides is 2. The normalized spacial score (nSPS) is 28.1. The molecule has 2 N–H and O–H groups in total. The van der Waals surface area contributed by atoms with Gasteiger partial charge in [0.05, 0.1) is 5.69 Å². The van der Waals surface area contributed by atoms with Crippen molar-refractivity contribution < 1.29 is 9.59 Å². The summed E-state index contributed by atoms with van der Waals surface area (Å²) in [6.07, 6.45) is 5.27. The zero-order valence-corrected chi connectivity index (χ0v) is 16.8. The predicted molar refractivity (Wildman–Crippen MR) is 109 cm³/mol. The Bertz CT molecular complexity index is 975. The Morgan fingerprint density at radius 2 is 1.70 bits per heavy atom. The van der Waals surface area contributed by atoms with Gasteiger partial charge in [0, 0.05) is 44.5 Å². The van der Waals surface area contributed by atoms with Crippen molar-refractivity contribution in [3.63, 3.8) is 0 Å². The van der Waals surface area contributed by atoms with Gasteiger partial charge in [-0.15, -0.1) is 0 Å². The maximum Gasteiger partial charge on any atom is 0.261 e. The summed E-state index contributed by atoms with van der Waals surface area (Å²) in [5.74, 6) is -0.357. The number of nitrogens with zero attached hydrogens (tertiary/aromatic N) is 2. The number of nitrogens with two attached hydrogens (primary N) is 1. The van der Waals surface area contributed by atoms with Gasteiger partial charge in [0.1, 0.15) is 0 Å². The van der Waals surface area contributed by atoms with Crippen LogP contribution >= 0.6 is 15.9 Å². The Kier molecular flexibility index (Phi) is 3.85. The predicted octanol–water partition coefficient (Wildman–Crippen LogP) is 3.80. The van der Waals surface area contributed by atoms with Gasteiger partial charge in [0.15, 0.2) is 0 Å². The molecule has 6 heteroatoms. The van der Waals surface area contributed by atoms with E-state index in [0.717, 1.165) is 31.1 Å². The number of anilines is 1. The van der Waals surface area contributed by atoms with Crippen LogP contribution in [-0.2, 0) is 0 Å². The first-order chi connectivity index (χ1) is 13.0. The largest absolute Gasteiger partial charge is 0.397 e. The number of rotatable bonds is 1. The van der Waals surface area contributed by atoms with Crippen molar-refractivity contribution in [3.05, 3.63) is 39.9 Å². The van der Waals surface area contributed by atoms with Crippen LogP contribution in [0.3, 0.4) is 0 Å². The lowest BCUT2D eigenvalue weighted by Gasteiger charge is -2.49. The standard InChI is InChI=1S/C21H22BrN3O2/c1-24-11-4-2-5-12(24)9-13(8-11)25-20(26)15-7-3-6-14-18(15)16(21(25)27)10-17(22)19(14)23/h3,6-7,10-13H,2,4-5,8-9,23H2,1H3/t11-,12+,13-. The molecule has 3 atom stereocenters. The molecule has 2 aromatic carbocycles. The second kappa shape index (κ2) is 6.04. The Labute approximate surface area is 166 Å². The topological polar surface area (TPSA) is 66.6 Å². The number of carbonyl (C=O) groups excluding carboxylic acids is 2. The first-order valence-corrected chi connectivity index (χ1v) is 10.4. The average molecular weight is 428 g/mol. The summed E-state index contributed by atoms with van der Waals surface area (Å²) < 4.78 is 0.699. The summed E-state index contributed by atoms with van der Waals surface area (Å²) in [5.41, 5.74) is 7.92. The lowest BCUT2D eigenvalue weighted by Crippen LogP contribution is -2.58. The molecule has 3 aliphatic heterocycles. The molecular weight excluding hydrogens is 406 g/mol. The number of hydrogen-bond donors (Lipinski definition) is 1. The van der Waals surface area contributed by atoms with Crippen LogP contribution in [0.1, 0.15) is 52.8 Å². The summed E-state index contributed by atoms with van der Waals surface area (Å²) in [6.45, 7) is 0. The molecule has 2 saturated heterocycles. The van der Waals surface area contributed by atoms with Crippen molar-refractivity contribution in [2.24, 2.45) is 0 Å². The van der Waals surface area contributed by atoms with Crippen molar-refractivity contribution >= 4 is 44.2 Å². The first kappa shape index (κ1) is 17.2. The fourth-order valence-electron chi connectivity index (χ4n) is 5.30. The third-order valence-electron chi connectivity index (χ3n) is 6.73. The zero-order chi connectivity index (χ0) is 18.9. The van der Waals surface area contributed by atoms with E-state index in [9.17, 15) is 9.59 Å². The van der Waals surface area contributed by atoms with E-state index in [2.05, 4.69) is 27.9 Å². The molecule has 0 spiro atoms. The van der Waals surface area contributed by atoms with Gasteiger partial charge in [-0.1, -0.05) is 18.6 Å². The number of piperidine rings is 2. The van der Waals surface area contributed by atoms with Crippen LogP contribution in [0.2, 0.25) is 0 Å². The van der Waals surface area contributed by atoms with Crippen LogP contribution < -0.4 is 5.73 Å². The summed E-state index contributed by atoms with van der Waals surface area (Å²) >= 11 is 3.48. The average Bonchev–Trinajstić information content (AvgIpc) is 2.64. The second-order valence-electron chi connectivity index (χ2n) is 8.06. The van der Waals surface area contributed by atoms with Gasteiger partial charge < -0.3 is 10.6 Å². The van der Waals surface area contributed by atoms with E-state index in [4.69, 9.17) is 5.73 Å². The smallest absolute Gasteiger partial charge is 0.261 e. The molecule has 2 aromatic rings. The first-order valence-electron chi connectivity index (χ1n) is 9.58. The molecule has 2 fully saturated rings. The molecule has 3 aliphatic rings. The minimum Gasteiger partial charge on any atom is -0.397 e. The maximum absolute atomic E-state index is 13.4. The van der Waals surface area contributed by atoms with Crippen molar-refractivity contribution in [1.29, 1.82) is 0 Å². The Morgan fingerprint density at radius 3 is 2.41 bits per heavy atom. The number of nitrogen functional groups attached to an aromatic ring is 1. The highest BCUT2D eigenvalue weighted by Crippen LogP contribution is 2.41. The van der Waals surface area contributed by atoms with E-state index in [1.165, 1.54) is 11.3 Å². The fourth-order valence-corrected chi connectivity index (χ4v) is 5.74. The number of halogens is 1. The lowest BCUT2D eigenvalue weighted by atomic mass is 9.80. The van der Waals surface area contributed by atoms with Crippen LogP contribution in [-0.4, -0.2) is 46.8 Å². The van der Waals surface area contributed by atoms with Crippen molar-refractivity contribution in [1.82, 2.24) is 9.80 Å². The third-order valence-corrected chi connectivity index (χ3v) is 7.39. The summed E-state index contributed by atoms with van der Waals surface area (Å²) in [7, 11) is 2.18. The highest BCUT2D eigenvalue weighted by molar-refractivity contribution is 9.10. The molecule has 140 valence electrons. The van der Waals surface area contributed by atoms with Crippen LogP contribution in [0.25, 0.3) is 10.8 Å². The van der Waals surface area contributed by atoms with Crippen molar-refractivity contribution in [2.45, 2.75) is 50.2 Å². The Balaban J connectivity index is 1.62. The van der Waals surface area contributed by atoms with Gasteiger partial charge >= 0.3 is 0 Å². The fraction of sp³-hybridized carbons (Fsp3) is 0.429. The summed E-state index contributed by atoms with van der Waals surface area (Å²) in [6, 6.07) is 8.20. The molecule has 5 rings (SSSR count). The van der Waals surface area contributed by atoms with Gasteiger partial charge in [-0.3, -0.25) is 14.5 Å². The summed E-state index contributed by atoms with van der Waals surface area (Å²) in [4.78, 5) is 30.7. The summed E-state index contributed by atoms with van der Waals surface area (Å²) in [5, 5.41) is 1.45. The van der Waals surface area contributed by atoms with Gasteiger partial charge in [-0.2, -0.15) is 0 Å². The zero-order valence-electron chi connectivity index (χ0n) is 15.2. The highest BCUT2D eigenvalue weighted by atomic mass is 79.9. The SMILES string of the molecule is CN1[C@@H]2CCC[C@H]1C[C@H](N1C(=O)c3cccc4c(N)c(Br)cc(c34)C1=O)C2. The molecule has 0 radical (unpaired) electrons. The minimum absolute atomic E-state index is 0.0313. The molecule has 0 aromatic heterocycles. The van der Waals surface area contributed by atoms with E-state index in [1.54, 1.807) is 6.07 Å². The molecule has 0 aliphatic carbocycles. The molecular formula is C21H22BrN3O2. The van der Waals surface area contributed by atoms with Crippen molar-refractivity contribution in [2.75, 3.05) is 12.8 Å². The third kappa shape index (κ3) is 2.39. The van der Waals surface area contributed by atoms with E-state index in [-0.39, 0.29) is 17.9 Å². The van der Waals surface area contributed by atoms with E-state index in [0.29, 0.717) is 38.8 Å². The molecule has 0 unspecified atom stereocenters. The Morgan fingerprint density at radius 1 is 1.04 bits per heavy atom. The van der Waals surface area contributed by atoms with Crippen molar-refractivity contribution in [3.8, 4) is 0 Å². The number of carbonyl (C=O) groups is 2. The quantitative estimate of drug-likeness (QED) is 0.555. The molecule has 27 heavy (non-hydrogen) atoms. The second-order valence-corrected chi connectivity index (χ2v) is 8.91. The van der Waals surface area contributed by atoms with Gasteiger partial charge in [-0.25, -0.2) is 0 Å². The highest BCUT2D eigenvalue weighted by Gasteiger charge is 2.44. The van der Waals surface area contributed by atoms with Crippen LogP contribution in [0, 0.1) is 0 Å². The van der Waals surface area contributed by atoms with Gasteiger partial charge in [-0.05, 0) is 60.8 Å². The number of benzene rings is 2. The van der Waals surface area contributed by atoms with Crippen LogP contribution in [0.15, 0.2) is 28.7 Å². The van der Waals surface area contributed by atoms with Crippen LogP contribution in [0.5, 0.6) is 0 Å². The van der Waals surface area contributed by atoms with E-state index >= 15 is 0 Å². The van der Waals surface area contributed by atoms with Gasteiger partial charge in [0.2, 0.25) is 0 Å².